The molecule has 0 spiro atoms. The molecule has 116 valence electrons. The van der Waals surface area contributed by atoms with Crippen LogP contribution in [0.1, 0.15) is 17.0 Å². The number of benzene rings is 2. The third-order valence-electron chi connectivity index (χ3n) is 4.27. The first-order valence-electron chi connectivity index (χ1n) is 7.12. The van der Waals surface area contributed by atoms with E-state index in [2.05, 4.69) is 0 Å². The molecule has 2 aromatic carbocycles. The van der Waals surface area contributed by atoms with Crippen LogP contribution in [-0.4, -0.2) is 25.4 Å². The van der Waals surface area contributed by atoms with Crippen molar-refractivity contribution in [3.05, 3.63) is 64.7 Å². The van der Waals surface area contributed by atoms with E-state index in [0.29, 0.717) is 5.02 Å². The molecule has 3 atom stereocenters. The molecule has 5 heteroatoms. The lowest BCUT2D eigenvalue weighted by molar-refractivity contribution is 0.274. The van der Waals surface area contributed by atoms with E-state index in [4.69, 9.17) is 11.6 Å². The van der Waals surface area contributed by atoms with Gasteiger partial charge in [-0.2, -0.15) is 0 Å². The van der Waals surface area contributed by atoms with E-state index in [9.17, 15) is 13.5 Å². The van der Waals surface area contributed by atoms with Gasteiger partial charge in [0.25, 0.3) is 0 Å². The number of hydrogen-bond donors (Lipinski definition) is 1. The van der Waals surface area contributed by atoms with Crippen LogP contribution in [0.4, 0.5) is 0 Å². The molecule has 1 saturated carbocycles. The number of aryl methyl sites for hydroxylation is 1. The molecule has 1 aliphatic carbocycles. The standard InChI is InChI=1S/C17H17ClO3S/c1-11-2-4-12(5-3-11)16-15(10-19)17(16)22(20,21)14-8-6-13(18)7-9-14/h2-9,15-17,19H,10H2,1H3/t15-,16-,17-/m0/s1. The summed E-state index contributed by atoms with van der Waals surface area (Å²) in [5.41, 5.74) is 2.09. The zero-order chi connectivity index (χ0) is 15.9. The average molecular weight is 337 g/mol. The Balaban J connectivity index is 1.93. The quantitative estimate of drug-likeness (QED) is 0.932. The molecule has 0 unspecified atom stereocenters. The Hall–Kier alpha value is -1.36. The third kappa shape index (κ3) is 2.67. The molecule has 0 aliphatic heterocycles. The molecule has 0 aromatic heterocycles. The SMILES string of the molecule is Cc1ccc([C@H]2[C@H](CO)[C@@H]2S(=O)(=O)c2ccc(Cl)cc2)cc1. The van der Waals surface area contributed by atoms with Crippen LogP contribution in [0.15, 0.2) is 53.4 Å². The summed E-state index contributed by atoms with van der Waals surface area (Å²) in [4.78, 5) is 0.259. The van der Waals surface area contributed by atoms with Crippen LogP contribution >= 0.6 is 11.6 Å². The highest BCUT2D eigenvalue weighted by molar-refractivity contribution is 7.92. The first kappa shape index (κ1) is 15.5. The summed E-state index contributed by atoms with van der Waals surface area (Å²) in [6.07, 6.45) is 0. The summed E-state index contributed by atoms with van der Waals surface area (Å²) in [5, 5.41) is 9.47. The summed E-state index contributed by atoms with van der Waals surface area (Å²) >= 11 is 5.82. The number of rotatable bonds is 4. The minimum absolute atomic E-state index is 0.129. The van der Waals surface area contributed by atoms with E-state index in [1.807, 2.05) is 31.2 Å². The van der Waals surface area contributed by atoms with Gasteiger partial charge in [0.2, 0.25) is 0 Å². The Morgan fingerprint density at radius 3 is 2.18 bits per heavy atom. The molecule has 3 rings (SSSR count). The van der Waals surface area contributed by atoms with Crippen molar-refractivity contribution in [1.82, 2.24) is 0 Å². The van der Waals surface area contributed by atoms with Gasteiger partial charge in [0.1, 0.15) is 0 Å². The first-order chi connectivity index (χ1) is 10.4. The fourth-order valence-electron chi connectivity index (χ4n) is 2.99. The van der Waals surface area contributed by atoms with E-state index in [0.717, 1.165) is 11.1 Å². The van der Waals surface area contributed by atoms with Crippen LogP contribution in [0.2, 0.25) is 5.02 Å². The van der Waals surface area contributed by atoms with Crippen molar-refractivity contribution in [2.45, 2.75) is 23.0 Å². The summed E-state index contributed by atoms with van der Waals surface area (Å²) in [7, 11) is -3.47. The van der Waals surface area contributed by atoms with Gasteiger partial charge in [-0.25, -0.2) is 8.42 Å². The minimum atomic E-state index is -3.47. The normalized spacial score (nSPS) is 24.2. The number of hydrogen-bond acceptors (Lipinski definition) is 3. The van der Waals surface area contributed by atoms with Gasteiger partial charge in [-0.05, 0) is 36.8 Å². The van der Waals surface area contributed by atoms with Gasteiger partial charge < -0.3 is 5.11 Å². The lowest BCUT2D eigenvalue weighted by atomic mass is 10.1. The summed E-state index contributed by atoms with van der Waals surface area (Å²) in [6, 6.07) is 14.0. The highest BCUT2D eigenvalue weighted by Crippen LogP contribution is 2.53. The van der Waals surface area contributed by atoms with Crippen LogP contribution in [0.25, 0.3) is 0 Å². The molecule has 0 saturated heterocycles. The van der Waals surface area contributed by atoms with Gasteiger partial charge in [0.15, 0.2) is 9.84 Å². The fraction of sp³-hybridized carbons (Fsp3) is 0.294. The van der Waals surface area contributed by atoms with Crippen molar-refractivity contribution in [2.24, 2.45) is 5.92 Å². The lowest BCUT2D eigenvalue weighted by Gasteiger charge is -2.05. The average Bonchev–Trinajstić information content (AvgIpc) is 3.24. The van der Waals surface area contributed by atoms with Crippen LogP contribution in [0, 0.1) is 12.8 Å². The Kier molecular flexibility index (Phi) is 4.02. The van der Waals surface area contributed by atoms with Crippen LogP contribution in [-0.2, 0) is 9.84 Å². The van der Waals surface area contributed by atoms with E-state index in [1.54, 1.807) is 12.1 Å². The number of halogens is 1. The molecular formula is C17H17ClO3S. The van der Waals surface area contributed by atoms with Gasteiger partial charge in [-0.3, -0.25) is 0 Å². The van der Waals surface area contributed by atoms with Crippen molar-refractivity contribution >= 4 is 21.4 Å². The van der Waals surface area contributed by atoms with Crippen molar-refractivity contribution < 1.29 is 13.5 Å². The van der Waals surface area contributed by atoms with Crippen molar-refractivity contribution in [3.8, 4) is 0 Å². The van der Waals surface area contributed by atoms with Gasteiger partial charge in [-0.1, -0.05) is 41.4 Å². The number of sulfone groups is 1. The van der Waals surface area contributed by atoms with Crippen molar-refractivity contribution in [2.75, 3.05) is 6.61 Å². The Morgan fingerprint density at radius 2 is 1.64 bits per heavy atom. The predicted octanol–water partition coefficient (Wildman–Crippen LogP) is 3.20. The second kappa shape index (κ2) is 5.69. The topological polar surface area (TPSA) is 54.4 Å². The molecule has 1 aliphatic rings. The molecule has 1 N–H and O–H groups in total. The number of aliphatic hydroxyl groups is 1. The molecule has 22 heavy (non-hydrogen) atoms. The van der Waals surface area contributed by atoms with E-state index in [1.165, 1.54) is 12.1 Å². The second-order valence-corrected chi connectivity index (χ2v) is 8.29. The molecule has 2 aromatic rings. The minimum Gasteiger partial charge on any atom is -0.396 e. The maximum absolute atomic E-state index is 12.8. The largest absolute Gasteiger partial charge is 0.396 e. The number of aliphatic hydroxyl groups excluding tert-OH is 1. The molecule has 1 fully saturated rings. The molecule has 0 radical (unpaired) electrons. The van der Waals surface area contributed by atoms with Crippen molar-refractivity contribution in [1.29, 1.82) is 0 Å². The smallest absolute Gasteiger partial charge is 0.182 e. The third-order valence-corrected chi connectivity index (χ3v) is 6.81. The van der Waals surface area contributed by atoms with Crippen LogP contribution < -0.4 is 0 Å². The summed E-state index contributed by atoms with van der Waals surface area (Å²) in [5.74, 6) is -0.394. The molecule has 0 heterocycles. The maximum Gasteiger partial charge on any atom is 0.182 e. The summed E-state index contributed by atoms with van der Waals surface area (Å²) in [6.45, 7) is 1.86. The predicted molar refractivity (Wildman–Crippen MR) is 86.9 cm³/mol. The lowest BCUT2D eigenvalue weighted by Crippen LogP contribution is -2.11. The monoisotopic (exact) mass is 336 g/mol. The van der Waals surface area contributed by atoms with Gasteiger partial charge in [-0.15, -0.1) is 0 Å². The molecular weight excluding hydrogens is 320 g/mol. The van der Waals surface area contributed by atoms with E-state index >= 15 is 0 Å². The molecule has 0 bridgehead atoms. The Morgan fingerprint density at radius 1 is 1.05 bits per heavy atom. The van der Waals surface area contributed by atoms with Gasteiger partial charge >= 0.3 is 0 Å². The maximum atomic E-state index is 12.8. The Labute approximate surface area is 135 Å². The van der Waals surface area contributed by atoms with Crippen molar-refractivity contribution in [3.63, 3.8) is 0 Å². The summed E-state index contributed by atoms with van der Waals surface area (Å²) < 4.78 is 25.5. The van der Waals surface area contributed by atoms with Crippen LogP contribution in [0.3, 0.4) is 0 Å². The zero-order valence-electron chi connectivity index (χ0n) is 12.1. The Bertz CT molecular complexity index is 767. The van der Waals surface area contributed by atoms with Gasteiger partial charge in [0.05, 0.1) is 10.1 Å². The molecule has 0 amide bonds. The molecule has 3 nitrogen and oxygen atoms in total. The first-order valence-corrected chi connectivity index (χ1v) is 9.04. The van der Waals surface area contributed by atoms with E-state index in [-0.39, 0.29) is 23.3 Å². The highest BCUT2D eigenvalue weighted by Gasteiger charge is 2.58. The van der Waals surface area contributed by atoms with Gasteiger partial charge in [0, 0.05) is 23.5 Å². The second-order valence-electron chi connectivity index (χ2n) is 5.75. The van der Waals surface area contributed by atoms with E-state index < -0.39 is 15.1 Å². The zero-order valence-corrected chi connectivity index (χ0v) is 13.7. The van der Waals surface area contributed by atoms with Crippen LogP contribution in [0.5, 0.6) is 0 Å². The fourth-order valence-corrected chi connectivity index (χ4v) is 5.32. The highest BCUT2D eigenvalue weighted by atomic mass is 35.5.